The minimum absolute atomic E-state index is 0. The van der Waals surface area contributed by atoms with Crippen molar-refractivity contribution < 1.29 is 14.3 Å². The lowest BCUT2D eigenvalue weighted by Crippen LogP contribution is -2.55. The number of hydrogen-bond donors (Lipinski definition) is 3. The van der Waals surface area contributed by atoms with E-state index in [9.17, 15) is 9.59 Å². The maximum atomic E-state index is 12.6. The molecule has 2 aliphatic heterocycles. The fraction of sp³-hybridized carbons (Fsp3) is 0.609. The molecule has 33 heavy (non-hydrogen) atoms. The van der Waals surface area contributed by atoms with Crippen LogP contribution in [0.4, 0.5) is 10.5 Å². The largest absolute Gasteiger partial charge is 0.368 e. The first kappa shape index (κ1) is 27.2. The Morgan fingerprint density at radius 1 is 1.12 bits per heavy atom. The summed E-state index contributed by atoms with van der Waals surface area (Å²) in [6.07, 6.45) is 1.55. The third-order valence-corrected chi connectivity index (χ3v) is 5.47. The maximum absolute atomic E-state index is 12.6. The second-order valence-electron chi connectivity index (χ2n) is 8.43. The molecule has 3 amide bonds. The number of nitrogens with zero attached hydrogens (tertiary/aromatic N) is 3. The molecule has 0 aromatic heterocycles. The number of piperazine rings is 1. The second-order valence-corrected chi connectivity index (χ2v) is 8.43. The molecule has 0 spiro atoms. The number of halogens is 1. The van der Waals surface area contributed by atoms with Gasteiger partial charge in [0.1, 0.15) is 6.10 Å². The zero-order valence-electron chi connectivity index (χ0n) is 19.8. The van der Waals surface area contributed by atoms with Crippen LogP contribution in [0.25, 0.3) is 0 Å². The Balaban J connectivity index is 0.00000385. The number of ether oxygens (including phenoxy) is 1. The third kappa shape index (κ3) is 8.33. The van der Waals surface area contributed by atoms with Crippen molar-refractivity contribution >= 4 is 47.6 Å². The van der Waals surface area contributed by atoms with Gasteiger partial charge in [-0.1, -0.05) is 12.1 Å². The minimum atomic E-state index is -0.252. The standard InChI is InChI=1S/C23H36N6O3.HI/c1-4-24-22(29-13-11-28(12-14-29)21(30)20-6-5-15-32-20)25-16-18-7-9-19(10-8-18)27-23(31)26-17(2)3;/h7-10,17,20H,4-6,11-16H2,1-3H3,(H,24,25)(H2,26,27,31);1H. The molecular weight excluding hydrogens is 535 g/mol. The summed E-state index contributed by atoms with van der Waals surface area (Å²) in [7, 11) is 0. The number of nitrogens with one attached hydrogen (secondary N) is 3. The highest BCUT2D eigenvalue weighted by Gasteiger charge is 2.30. The number of carbonyl (C=O) groups is 2. The van der Waals surface area contributed by atoms with Crippen molar-refractivity contribution in [2.45, 2.75) is 52.3 Å². The number of anilines is 1. The minimum Gasteiger partial charge on any atom is -0.368 e. The first-order chi connectivity index (χ1) is 15.5. The highest BCUT2D eigenvalue weighted by Crippen LogP contribution is 2.16. The summed E-state index contributed by atoms with van der Waals surface area (Å²) >= 11 is 0. The molecule has 3 rings (SSSR count). The lowest BCUT2D eigenvalue weighted by molar-refractivity contribution is -0.142. The van der Waals surface area contributed by atoms with Crippen LogP contribution in [0.3, 0.4) is 0 Å². The van der Waals surface area contributed by atoms with Crippen molar-refractivity contribution in [2.75, 3.05) is 44.6 Å². The summed E-state index contributed by atoms with van der Waals surface area (Å²) in [6.45, 7) is 10.8. The Morgan fingerprint density at radius 2 is 1.79 bits per heavy atom. The Hall–Kier alpha value is -2.08. The molecule has 0 saturated carbocycles. The summed E-state index contributed by atoms with van der Waals surface area (Å²) in [6, 6.07) is 7.58. The third-order valence-electron chi connectivity index (χ3n) is 5.47. The van der Waals surface area contributed by atoms with Crippen LogP contribution in [0.2, 0.25) is 0 Å². The van der Waals surface area contributed by atoms with Crippen molar-refractivity contribution in [1.29, 1.82) is 0 Å². The van der Waals surface area contributed by atoms with E-state index >= 15 is 0 Å². The van der Waals surface area contributed by atoms with Gasteiger partial charge in [-0.2, -0.15) is 0 Å². The monoisotopic (exact) mass is 572 g/mol. The fourth-order valence-electron chi connectivity index (χ4n) is 3.83. The number of carbonyl (C=O) groups excluding carboxylic acids is 2. The quantitative estimate of drug-likeness (QED) is 0.277. The van der Waals surface area contributed by atoms with Gasteiger partial charge in [-0.15, -0.1) is 24.0 Å². The number of hydrogen-bond acceptors (Lipinski definition) is 4. The molecule has 0 bridgehead atoms. The first-order valence-corrected chi connectivity index (χ1v) is 11.6. The van der Waals surface area contributed by atoms with Gasteiger partial charge in [0, 0.05) is 51.1 Å². The smallest absolute Gasteiger partial charge is 0.319 e. The van der Waals surface area contributed by atoms with E-state index in [1.54, 1.807) is 0 Å². The van der Waals surface area contributed by atoms with E-state index in [1.165, 1.54) is 0 Å². The van der Waals surface area contributed by atoms with E-state index in [-0.39, 0.29) is 48.1 Å². The predicted molar refractivity (Wildman–Crippen MR) is 141 cm³/mol. The number of benzene rings is 1. The van der Waals surface area contributed by atoms with Gasteiger partial charge in [-0.05, 0) is 51.3 Å². The SMILES string of the molecule is CCNC(=NCc1ccc(NC(=O)NC(C)C)cc1)N1CCN(C(=O)C2CCCO2)CC1.I. The number of urea groups is 1. The van der Waals surface area contributed by atoms with Crippen LogP contribution in [-0.4, -0.2) is 79.2 Å². The van der Waals surface area contributed by atoms with Crippen molar-refractivity contribution in [3.05, 3.63) is 29.8 Å². The molecule has 0 aliphatic carbocycles. The first-order valence-electron chi connectivity index (χ1n) is 11.6. The number of amides is 3. The molecule has 1 aromatic rings. The summed E-state index contributed by atoms with van der Waals surface area (Å²) in [5.41, 5.74) is 1.80. The van der Waals surface area contributed by atoms with E-state index in [1.807, 2.05) is 43.0 Å². The fourth-order valence-corrected chi connectivity index (χ4v) is 3.83. The van der Waals surface area contributed by atoms with Crippen molar-refractivity contribution in [3.8, 4) is 0 Å². The van der Waals surface area contributed by atoms with Crippen LogP contribution < -0.4 is 16.0 Å². The summed E-state index contributed by atoms with van der Waals surface area (Å²) in [5, 5.41) is 8.99. The van der Waals surface area contributed by atoms with E-state index in [0.29, 0.717) is 26.2 Å². The molecule has 2 heterocycles. The Kier molecular flexibility index (Phi) is 11.2. The Bertz CT molecular complexity index is 788. The topological polar surface area (TPSA) is 98.3 Å². The zero-order valence-corrected chi connectivity index (χ0v) is 22.1. The molecule has 2 aliphatic rings. The van der Waals surface area contributed by atoms with Gasteiger partial charge in [-0.25, -0.2) is 9.79 Å². The maximum Gasteiger partial charge on any atom is 0.319 e. The number of aliphatic imine (C=N–C) groups is 1. The highest BCUT2D eigenvalue weighted by atomic mass is 127. The van der Waals surface area contributed by atoms with Gasteiger partial charge in [0.05, 0.1) is 6.54 Å². The summed E-state index contributed by atoms with van der Waals surface area (Å²) in [4.78, 5) is 33.3. The molecular formula is C23H37IN6O3. The number of guanidine groups is 1. The van der Waals surface area contributed by atoms with Crippen LogP contribution >= 0.6 is 24.0 Å². The lowest BCUT2D eigenvalue weighted by Gasteiger charge is -2.37. The molecule has 1 aromatic carbocycles. The Morgan fingerprint density at radius 3 is 2.36 bits per heavy atom. The summed E-state index contributed by atoms with van der Waals surface area (Å²) in [5.74, 6) is 0.982. The second kappa shape index (κ2) is 13.6. The van der Waals surface area contributed by atoms with Crippen molar-refractivity contribution in [2.24, 2.45) is 4.99 Å². The molecule has 184 valence electrons. The van der Waals surface area contributed by atoms with Gasteiger partial charge in [-0.3, -0.25) is 4.79 Å². The van der Waals surface area contributed by atoms with E-state index in [4.69, 9.17) is 9.73 Å². The van der Waals surface area contributed by atoms with Gasteiger partial charge >= 0.3 is 6.03 Å². The van der Waals surface area contributed by atoms with E-state index in [2.05, 4.69) is 27.8 Å². The van der Waals surface area contributed by atoms with Crippen molar-refractivity contribution in [1.82, 2.24) is 20.4 Å². The summed E-state index contributed by atoms with van der Waals surface area (Å²) < 4.78 is 5.55. The highest BCUT2D eigenvalue weighted by molar-refractivity contribution is 14.0. The van der Waals surface area contributed by atoms with Crippen LogP contribution in [0.15, 0.2) is 29.3 Å². The average molecular weight is 572 g/mol. The molecule has 9 nitrogen and oxygen atoms in total. The van der Waals surface area contributed by atoms with E-state index < -0.39 is 0 Å². The molecule has 10 heteroatoms. The van der Waals surface area contributed by atoms with Gasteiger partial charge in [0.2, 0.25) is 0 Å². The average Bonchev–Trinajstić information content (AvgIpc) is 3.32. The normalized spacial score (nSPS) is 18.7. The van der Waals surface area contributed by atoms with Crippen LogP contribution in [0.1, 0.15) is 39.2 Å². The van der Waals surface area contributed by atoms with Crippen LogP contribution in [-0.2, 0) is 16.1 Å². The Labute approximate surface area is 213 Å². The molecule has 1 atom stereocenters. The lowest BCUT2D eigenvalue weighted by atomic mass is 10.2. The molecule has 0 radical (unpaired) electrons. The van der Waals surface area contributed by atoms with Gasteiger partial charge in [0.25, 0.3) is 5.91 Å². The van der Waals surface area contributed by atoms with Crippen molar-refractivity contribution in [3.63, 3.8) is 0 Å². The molecule has 3 N–H and O–H groups in total. The van der Waals surface area contributed by atoms with E-state index in [0.717, 1.165) is 49.7 Å². The van der Waals surface area contributed by atoms with Gasteiger partial charge < -0.3 is 30.5 Å². The van der Waals surface area contributed by atoms with Crippen LogP contribution in [0, 0.1) is 0 Å². The molecule has 1 unspecified atom stereocenters. The molecule has 2 saturated heterocycles. The number of rotatable bonds is 6. The zero-order chi connectivity index (χ0) is 22.9. The molecule has 2 fully saturated rings. The van der Waals surface area contributed by atoms with Gasteiger partial charge in [0.15, 0.2) is 5.96 Å². The predicted octanol–water partition coefficient (Wildman–Crippen LogP) is 2.62. The van der Waals surface area contributed by atoms with Crippen LogP contribution in [0.5, 0.6) is 0 Å².